The van der Waals surface area contributed by atoms with E-state index in [9.17, 15) is 0 Å². The molecule has 0 atom stereocenters. The summed E-state index contributed by atoms with van der Waals surface area (Å²) < 4.78 is 0. The Morgan fingerprint density at radius 2 is 1.37 bits per heavy atom. The Balaban J connectivity index is 0.000000871. The maximum absolute atomic E-state index is 2.40. The molecule has 0 saturated heterocycles. The third kappa shape index (κ3) is 4.27. The fourth-order valence-corrected chi connectivity index (χ4v) is 3.97. The Kier molecular flexibility index (Phi) is 7.58. The maximum atomic E-state index is 2.40. The smallest absolute Gasteiger partial charge is 0 e. The van der Waals surface area contributed by atoms with Gasteiger partial charge >= 0.3 is 0 Å². The first-order valence-corrected chi connectivity index (χ1v) is 8.68. The molecule has 2 aromatic carbocycles. The summed E-state index contributed by atoms with van der Waals surface area (Å²) in [5, 5.41) is 0. The molecule has 0 amide bonds. The standard InChI is InChI=1S/C24H19.2ClH.Zr/c1-2-6-20-14-23(13-19(20)5-1)17-9-11-18(12-10-17)24-15-21-7-3-4-8-22(21)16-24;;;/h1-11,13,15H,12,14,16H2;2*1H;/q-1;;;. The van der Waals surface area contributed by atoms with Gasteiger partial charge < -0.3 is 0 Å². The summed E-state index contributed by atoms with van der Waals surface area (Å²) >= 11 is 0. The number of halogens is 2. The van der Waals surface area contributed by atoms with Gasteiger partial charge in [0.05, 0.1) is 0 Å². The van der Waals surface area contributed by atoms with Crippen LogP contribution in [0.2, 0.25) is 0 Å². The van der Waals surface area contributed by atoms with E-state index >= 15 is 0 Å². The molecule has 27 heavy (non-hydrogen) atoms. The molecule has 0 unspecified atom stereocenters. The van der Waals surface area contributed by atoms with Crippen LogP contribution in [0.4, 0.5) is 0 Å². The average Bonchev–Trinajstić information content (AvgIpc) is 3.25. The van der Waals surface area contributed by atoms with E-state index in [1.165, 1.54) is 44.9 Å². The van der Waals surface area contributed by atoms with E-state index in [1.807, 2.05) is 0 Å². The molecule has 0 aliphatic heterocycles. The largest absolute Gasteiger partial charge is 0.167 e. The summed E-state index contributed by atoms with van der Waals surface area (Å²) in [6.07, 6.45) is 14.9. The predicted octanol–water partition coefficient (Wildman–Crippen LogP) is 6.57. The van der Waals surface area contributed by atoms with Crippen LogP contribution in [0.15, 0.2) is 83.5 Å². The van der Waals surface area contributed by atoms with Gasteiger partial charge in [0.1, 0.15) is 0 Å². The first-order valence-electron chi connectivity index (χ1n) is 8.68. The SMILES string of the molecule is C1=C[C-](C2=Cc3ccccc3C2)CC=C1C1=Cc2ccccc2C1.Cl.Cl.[Zr]. The van der Waals surface area contributed by atoms with Crippen LogP contribution in [0.25, 0.3) is 12.2 Å². The summed E-state index contributed by atoms with van der Waals surface area (Å²) in [5.74, 6) is 1.46. The fraction of sp³-hybridized carbons (Fsp3) is 0.125. The van der Waals surface area contributed by atoms with Gasteiger partial charge in [-0.25, -0.2) is 0 Å². The number of hydrogen-bond acceptors (Lipinski definition) is 0. The molecule has 0 heterocycles. The van der Waals surface area contributed by atoms with Crippen molar-refractivity contribution in [1.82, 2.24) is 0 Å². The van der Waals surface area contributed by atoms with Crippen LogP contribution < -0.4 is 0 Å². The predicted molar refractivity (Wildman–Crippen MR) is 116 cm³/mol. The Labute approximate surface area is 193 Å². The second-order valence-electron chi connectivity index (χ2n) is 6.81. The van der Waals surface area contributed by atoms with Crippen molar-refractivity contribution in [3.8, 4) is 0 Å². The molecule has 0 aromatic heterocycles. The van der Waals surface area contributed by atoms with Crippen molar-refractivity contribution >= 4 is 37.0 Å². The molecule has 3 aliphatic rings. The van der Waals surface area contributed by atoms with E-state index in [4.69, 9.17) is 0 Å². The van der Waals surface area contributed by atoms with Crippen molar-refractivity contribution in [3.05, 3.63) is 112 Å². The molecule has 3 heteroatoms. The zero-order chi connectivity index (χ0) is 15.9. The van der Waals surface area contributed by atoms with E-state index in [2.05, 4.69) is 78.9 Å². The van der Waals surface area contributed by atoms with Crippen LogP contribution in [0.3, 0.4) is 0 Å². The molecule has 0 bridgehead atoms. The van der Waals surface area contributed by atoms with Crippen LogP contribution >= 0.6 is 24.8 Å². The monoisotopic (exact) mass is 469 g/mol. The van der Waals surface area contributed by atoms with Crippen LogP contribution in [-0.2, 0) is 39.0 Å². The average molecular weight is 472 g/mol. The normalized spacial score (nSPS) is 16.0. The van der Waals surface area contributed by atoms with Crippen molar-refractivity contribution in [3.63, 3.8) is 0 Å². The second-order valence-corrected chi connectivity index (χ2v) is 6.81. The summed E-state index contributed by atoms with van der Waals surface area (Å²) in [4.78, 5) is 0. The van der Waals surface area contributed by atoms with Gasteiger partial charge in [-0.2, -0.15) is 12.2 Å². The number of fused-ring (bicyclic) bond motifs is 2. The Morgan fingerprint density at radius 3 is 1.96 bits per heavy atom. The van der Waals surface area contributed by atoms with Crippen molar-refractivity contribution < 1.29 is 26.2 Å². The minimum Gasteiger partial charge on any atom is -0.167 e. The number of rotatable bonds is 2. The number of benzene rings is 2. The van der Waals surface area contributed by atoms with Crippen LogP contribution in [0.1, 0.15) is 28.7 Å². The van der Waals surface area contributed by atoms with Crippen molar-refractivity contribution in [2.24, 2.45) is 0 Å². The van der Waals surface area contributed by atoms with Crippen molar-refractivity contribution in [2.75, 3.05) is 0 Å². The topological polar surface area (TPSA) is 0 Å². The fourth-order valence-electron chi connectivity index (χ4n) is 3.97. The van der Waals surface area contributed by atoms with E-state index in [-0.39, 0.29) is 51.0 Å². The first-order chi connectivity index (χ1) is 11.9. The number of hydrogen-bond donors (Lipinski definition) is 0. The number of allylic oxidation sites excluding steroid dienone is 6. The molecule has 0 nitrogen and oxygen atoms in total. The van der Waals surface area contributed by atoms with Crippen LogP contribution in [-0.4, -0.2) is 0 Å². The molecule has 0 spiro atoms. The summed E-state index contributed by atoms with van der Waals surface area (Å²) in [6, 6.07) is 17.4. The van der Waals surface area contributed by atoms with Crippen LogP contribution in [0, 0.1) is 5.92 Å². The first kappa shape index (κ1) is 22.0. The molecular formula is C24H21Cl2Zr-. The zero-order valence-corrected chi connectivity index (χ0v) is 19.0. The molecule has 2 aromatic rings. The van der Waals surface area contributed by atoms with Gasteiger partial charge in [-0.15, -0.1) is 42.4 Å². The molecule has 0 N–H and O–H groups in total. The molecule has 0 radical (unpaired) electrons. The van der Waals surface area contributed by atoms with E-state index in [0.717, 1.165) is 19.3 Å². The van der Waals surface area contributed by atoms with E-state index in [0.29, 0.717) is 0 Å². The Hall–Kier alpha value is -1.27. The molecular weight excluding hydrogens is 450 g/mol. The third-order valence-corrected chi connectivity index (χ3v) is 5.32. The van der Waals surface area contributed by atoms with E-state index in [1.54, 1.807) is 0 Å². The molecule has 3 aliphatic carbocycles. The molecule has 5 rings (SSSR count). The van der Waals surface area contributed by atoms with Gasteiger partial charge in [-0.1, -0.05) is 83.8 Å². The van der Waals surface area contributed by atoms with Gasteiger partial charge in [0.2, 0.25) is 0 Å². The van der Waals surface area contributed by atoms with Gasteiger partial charge in [0.25, 0.3) is 0 Å². The van der Waals surface area contributed by atoms with Gasteiger partial charge in [0, 0.05) is 26.2 Å². The minimum absolute atomic E-state index is 0. The second kappa shape index (κ2) is 9.29. The maximum Gasteiger partial charge on any atom is 0 e. The Bertz CT molecular complexity index is 950. The molecule has 0 saturated carbocycles. The van der Waals surface area contributed by atoms with Gasteiger partial charge in [-0.05, 0) is 29.5 Å². The summed E-state index contributed by atoms with van der Waals surface area (Å²) in [6.45, 7) is 0. The summed E-state index contributed by atoms with van der Waals surface area (Å²) in [5.41, 5.74) is 10.00. The zero-order valence-electron chi connectivity index (χ0n) is 14.9. The van der Waals surface area contributed by atoms with Crippen molar-refractivity contribution in [1.29, 1.82) is 0 Å². The minimum atomic E-state index is 0. The van der Waals surface area contributed by atoms with Gasteiger partial charge in [-0.3, -0.25) is 0 Å². The van der Waals surface area contributed by atoms with Crippen LogP contribution in [0.5, 0.6) is 0 Å². The van der Waals surface area contributed by atoms with Gasteiger partial charge in [0.15, 0.2) is 0 Å². The molecule has 136 valence electrons. The quantitative estimate of drug-likeness (QED) is 0.435. The Morgan fingerprint density at radius 1 is 0.741 bits per heavy atom. The molecule has 0 fully saturated rings. The third-order valence-electron chi connectivity index (χ3n) is 5.32. The van der Waals surface area contributed by atoms with Crippen molar-refractivity contribution in [2.45, 2.75) is 19.3 Å². The summed E-state index contributed by atoms with van der Waals surface area (Å²) in [7, 11) is 0. The van der Waals surface area contributed by atoms with E-state index < -0.39 is 0 Å².